The minimum Gasteiger partial charge on any atom is -0.350 e. The number of hydrogen-bond acceptors (Lipinski definition) is 4. The Hall–Kier alpha value is -1.66. The molecule has 1 saturated heterocycles. The number of benzene rings is 2. The quantitative estimate of drug-likeness (QED) is 0.783. The maximum atomic E-state index is 12.7. The summed E-state index contributed by atoms with van der Waals surface area (Å²) in [7, 11) is 3.45. The van der Waals surface area contributed by atoms with Gasteiger partial charge in [0.05, 0.1) is 0 Å². The highest BCUT2D eigenvalue weighted by Gasteiger charge is 2.21. The fraction of sp³-hybridized carbons (Fsp3) is 0.400. The Kier molecular flexibility index (Phi) is 7.26. The van der Waals surface area contributed by atoms with Crippen LogP contribution in [0, 0.1) is 0 Å². The first-order chi connectivity index (χ1) is 12.7. The van der Waals surface area contributed by atoms with Crippen molar-refractivity contribution in [2.45, 2.75) is 38.3 Å². The second kappa shape index (κ2) is 9.88. The fourth-order valence-electron chi connectivity index (χ4n) is 3.00. The van der Waals surface area contributed by atoms with Crippen molar-refractivity contribution in [3.8, 4) is 0 Å². The molecule has 26 heavy (non-hydrogen) atoms. The van der Waals surface area contributed by atoms with Gasteiger partial charge < -0.3 is 10.6 Å². The summed E-state index contributed by atoms with van der Waals surface area (Å²) in [6, 6.07) is 13.8. The number of hydrogen-bond donors (Lipinski definition) is 2. The van der Waals surface area contributed by atoms with Gasteiger partial charge in [-0.15, -0.1) is 0 Å². The molecule has 1 heterocycles. The van der Waals surface area contributed by atoms with Gasteiger partial charge in [0.1, 0.15) is 6.04 Å². The lowest BCUT2D eigenvalue weighted by Gasteiger charge is -2.18. The van der Waals surface area contributed by atoms with E-state index in [1.165, 1.54) is 0 Å². The van der Waals surface area contributed by atoms with E-state index < -0.39 is 6.04 Å². The largest absolute Gasteiger partial charge is 0.350 e. The summed E-state index contributed by atoms with van der Waals surface area (Å²) in [6.45, 7) is 0.463. The van der Waals surface area contributed by atoms with Crippen LogP contribution in [0.2, 0.25) is 0 Å². The maximum absolute atomic E-state index is 12.7. The normalized spacial score (nSPS) is 19.4. The summed E-state index contributed by atoms with van der Waals surface area (Å²) < 4.78 is 0. The highest BCUT2D eigenvalue weighted by molar-refractivity contribution is 8.76. The molecule has 0 saturated carbocycles. The molecule has 0 radical (unpaired) electrons. The predicted octanol–water partition coefficient (Wildman–Crippen LogP) is 3.90. The molecule has 3 rings (SSSR count). The van der Waals surface area contributed by atoms with Crippen LogP contribution in [0.25, 0.3) is 10.8 Å². The van der Waals surface area contributed by atoms with Crippen LogP contribution in [0.4, 0.5) is 0 Å². The minimum absolute atomic E-state index is 0.0252. The monoisotopic (exact) mass is 388 g/mol. The Labute approximate surface area is 162 Å². The number of nitrogens with one attached hydrogen (secondary N) is 2. The van der Waals surface area contributed by atoms with Crippen molar-refractivity contribution < 1.29 is 9.59 Å². The molecule has 0 aromatic heterocycles. The minimum atomic E-state index is -0.479. The highest BCUT2D eigenvalue weighted by Crippen LogP contribution is 2.24. The van der Waals surface area contributed by atoms with Gasteiger partial charge >= 0.3 is 0 Å². The third kappa shape index (κ3) is 5.42. The van der Waals surface area contributed by atoms with Crippen molar-refractivity contribution in [1.82, 2.24) is 10.6 Å². The molecular formula is C20H24N2O2S2. The number of fused-ring (bicyclic) bond motifs is 1. The van der Waals surface area contributed by atoms with Gasteiger partial charge in [-0.1, -0.05) is 70.5 Å². The van der Waals surface area contributed by atoms with E-state index in [4.69, 9.17) is 0 Å². The molecule has 2 aromatic rings. The lowest BCUT2D eigenvalue weighted by Crippen LogP contribution is -2.48. The van der Waals surface area contributed by atoms with E-state index in [0.29, 0.717) is 18.7 Å². The number of carbonyl (C=O) groups excluding carboxylic acids is 2. The van der Waals surface area contributed by atoms with E-state index in [-0.39, 0.29) is 11.8 Å². The average molecular weight is 389 g/mol. The molecule has 1 atom stereocenters. The molecule has 2 aromatic carbocycles. The zero-order valence-electron chi connectivity index (χ0n) is 14.7. The second-order valence-electron chi connectivity index (χ2n) is 6.39. The van der Waals surface area contributed by atoms with E-state index in [1.807, 2.05) is 24.3 Å². The van der Waals surface area contributed by atoms with Gasteiger partial charge in [0.2, 0.25) is 11.8 Å². The first-order valence-electron chi connectivity index (χ1n) is 9.02. The summed E-state index contributed by atoms with van der Waals surface area (Å²) in [5.41, 5.74) is 1.08. The summed E-state index contributed by atoms with van der Waals surface area (Å²) in [6.07, 6.45) is 3.59. The molecule has 1 aliphatic heterocycles. The van der Waals surface area contributed by atoms with Crippen LogP contribution >= 0.6 is 21.6 Å². The van der Waals surface area contributed by atoms with E-state index in [9.17, 15) is 9.59 Å². The summed E-state index contributed by atoms with van der Waals surface area (Å²) in [5.74, 6) is 1.53. The average Bonchev–Trinajstić information content (AvgIpc) is 2.71. The van der Waals surface area contributed by atoms with Gasteiger partial charge in [0.15, 0.2) is 0 Å². The third-order valence-corrected chi connectivity index (χ3v) is 6.93. The van der Waals surface area contributed by atoms with Crippen molar-refractivity contribution in [3.05, 3.63) is 48.0 Å². The fourth-order valence-corrected chi connectivity index (χ4v) is 5.31. The first-order valence-corrected chi connectivity index (χ1v) is 11.5. The van der Waals surface area contributed by atoms with Gasteiger partial charge in [0, 0.05) is 24.5 Å². The van der Waals surface area contributed by atoms with E-state index in [2.05, 4.69) is 28.8 Å². The molecule has 2 N–H and O–H groups in total. The van der Waals surface area contributed by atoms with Gasteiger partial charge in [-0.05, 0) is 29.2 Å². The smallest absolute Gasteiger partial charge is 0.243 e. The highest BCUT2D eigenvalue weighted by atomic mass is 33.1. The Bertz CT molecular complexity index is 761. The SMILES string of the molecule is O=C1CCCCCSSC[C@@H](C(=O)NCc2cccc3ccccc23)N1. The van der Waals surface area contributed by atoms with Crippen molar-refractivity contribution >= 4 is 44.2 Å². The van der Waals surface area contributed by atoms with Crippen molar-refractivity contribution in [2.75, 3.05) is 11.5 Å². The van der Waals surface area contributed by atoms with Crippen LogP contribution in [0.1, 0.15) is 31.2 Å². The van der Waals surface area contributed by atoms with Crippen LogP contribution in [0.5, 0.6) is 0 Å². The number of carbonyl (C=O) groups is 2. The molecule has 138 valence electrons. The Balaban J connectivity index is 1.63. The summed E-state index contributed by atoms with van der Waals surface area (Å²) in [5, 5.41) is 8.21. The number of rotatable bonds is 3. The van der Waals surface area contributed by atoms with Crippen molar-refractivity contribution in [1.29, 1.82) is 0 Å². The van der Waals surface area contributed by atoms with E-state index >= 15 is 0 Å². The third-order valence-electron chi connectivity index (χ3n) is 4.43. The van der Waals surface area contributed by atoms with Gasteiger partial charge in [-0.3, -0.25) is 9.59 Å². The molecule has 1 fully saturated rings. The summed E-state index contributed by atoms with van der Waals surface area (Å²) in [4.78, 5) is 24.7. The Morgan fingerprint density at radius 1 is 1.08 bits per heavy atom. The zero-order valence-corrected chi connectivity index (χ0v) is 16.3. The molecule has 4 nitrogen and oxygen atoms in total. The van der Waals surface area contributed by atoms with Gasteiger partial charge in [-0.2, -0.15) is 0 Å². The van der Waals surface area contributed by atoms with Crippen molar-refractivity contribution in [2.24, 2.45) is 0 Å². The van der Waals surface area contributed by atoms with Crippen LogP contribution in [-0.2, 0) is 16.1 Å². The predicted molar refractivity (Wildman–Crippen MR) is 111 cm³/mol. The molecule has 0 bridgehead atoms. The Morgan fingerprint density at radius 2 is 1.92 bits per heavy atom. The molecular weight excluding hydrogens is 364 g/mol. The van der Waals surface area contributed by atoms with Crippen molar-refractivity contribution in [3.63, 3.8) is 0 Å². The topological polar surface area (TPSA) is 58.2 Å². The van der Waals surface area contributed by atoms with E-state index in [1.54, 1.807) is 21.6 Å². The lowest BCUT2D eigenvalue weighted by molar-refractivity contribution is -0.128. The summed E-state index contributed by atoms with van der Waals surface area (Å²) >= 11 is 0. The molecule has 2 amide bonds. The molecule has 0 aliphatic carbocycles. The van der Waals surface area contributed by atoms with E-state index in [0.717, 1.165) is 41.4 Å². The standard InChI is InChI=1S/C20H24N2O2S2/c23-19-11-2-1-5-12-25-26-14-18(22-19)20(24)21-13-16-9-6-8-15-7-3-4-10-17(15)16/h3-4,6-10,18H,1-2,5,11-14H2,(H,21,24)(H,22,23)/t18-/m0/s1. The molecule has 0 spiro atoms. The molecule has 6 heteroatoms. The van der Waals surface area contributed by atoms with Crippen LogP contribution in [-0.4, -0.2) is 29.4 Å². The second-order valence-corrected chi connectivity index (χ2v) is 9.02. The first kappa shape index (κ1) is 19.1. The maximum Gasteiger partial charge on any atom is 0.243 e. The lowest BCUT2D eigenvalue weighted by atomic mass is 10.0. The van der Waals surface area contributed by atoms with Crippen LogP contribution < -0.4 is 10.6 Å². The zero-order chi connectivity index (χ0) is 18.2. The van der Waals surface area contributed by atoms with Crippen LogP contribution in [0.15, 0.2) is 42.5 Å². The van der Waals surface area contributed by atoms with Gasteiger partial charge in [0.25, 0.3) is 0 Å². The van der Waals surface area contributed by atoms with Crippen LogP contribution in [0.3, 0.4) is 0 Å². The number of amides is 2. The Morgan fingerprint density at radius 3 is 2.85 bits per heavy atom. The molecule has 1 aliphatic rings. The van der Waals surface area contributed by atoms with Gasteiger partial charge in [-0.25, -0.2) is 0 Å². The molecule has 0 unspecified atom stereocenters.